The van der Waals surface area contributed by atoms with E-state index >= 15 is 0 Å². The summed E-state index contributed by atoms with van der Waals surface area (Å²) in [7, 11) is 3.95. The van der Waals surface area contributed by atoms with Crippen LogP contribution in [0.15, 0.2) is 49.8 Å². The molecule has 0 radical (unpaired) electrons. The van der Waals surface area contributed by atoms with Crippen molar-refractivity contribution in [3.05, 3.63) is 72.9 Å². The monoisotopic (exact) mass is 356 g/mol. The molecule has 8 nitrogen and oxygen atoms in total. The highest BCUT2D eigenvalue weighted by Crippen LogP contribution is 1.89. The minimum Gasteiger partial charge on any atom is -0.349 e. The third-order valence-corrected chi connectivity index (χ3v) is 3.39. The van der Waals surface area contributed by atoms with Gasteiger partial charge in [0, 0.05) is 62.7 Å². The summed E-state index contributed by atoms with van der Waals surface area (Å²) in [5.74, 6) is 2.02. The standard InChI is InChI=1S/2C5H8N2.2C4H6N2/c1-5-3-6-4-7(5)2;1-5-6-3-4-7(5)2;1-4-2-5-3-6-4;1-4-5-2-3-6-4/h2*3-4H,1-2H3;2*2-3H,1H3,(H,5,6). The molecule has 0 aromatic carbocycles. The molecule has 0 unspecified atom stereocenters. The first kappa shape index (κ1) is 20.9. The zero-order valence-corrected chi connectivity index (χ0v) is 16.3. The van der Waals surface area contributed by atoms with Gasteiger partial charge in [-0.05, 0) is 27.7 Å². The molecule has 0 amide bonds. The largest absolute Gasteiger partial charge is 0.349 e. The fourth-order valence-electron chi connectivity index (χ4n) is 1.53. The Balaban J connectivity index is 0.000000174. The van der Waals surface area contributed by atoms with Gasteiger partial charge in [-0.2, -0.15) is 0 Å². The van der Waals surface area contributed by atoms with Gasteiger partial charge in [-0.25, -0.2) is 19.9 Å². The number of hydrogen-bond acceptors (Lipinski definition) is 4. The fourth-order valence-corrected chi connectivity index (χ4v) is 1.53. The van der Waals surface area contributed by atoms with E-state index in [0.717, 1.165) is 17.3 Å². The van der Waals surface area contributed by atoms with Crippen molar-refractivity contribution in [2.45, 2.75) is 27.7 Å². The minimum absolute atomic E-state index is 0.968. The molecule has 140 valence electrons. The van der Waals surface area contributed by atoms with Crippen molar-refractivity contribution in [3.8, 4) is 0 Å². The first-order valence-electron chi connectivity index (χ1n) is 8.18. The number of nitrogens with one attached hydrogen (secondary N) is 2. The summed E-state index contributed by atoms with van der Waals surface area (Å²) in [6.07, 6.45) is 14.3. The zero-order chi connectivity index (χ0) is 19.4. The van der Waals surface area contributed by atoms with Crippen LogP contribution in [0.3, 0.4) is 0 Å². The normalized spacial score (nSPS) is 9.15. The van der Waals surface area contributed by atoms with E-state index in [4.69, 9.17) is 0 Å². The Morgan fingerprint density at radius 3 is 1.77 bits per heavy atom. The van der Waals surface area contributed by atoms with Gasteiger partial charge in [-0.1, -0.05) is 0 Å². The van der Waals surface area contributed by atoms with Gasteiger partial charge in [0.1, 0.15) is 11.6 Å². The summed E-state index contributed by atoms with van der Waals surface area (Å²) in [4.78, 5) is 21.3. The van der Waals surface area contributed by atoms with Gasteiger partial charge in [-0.3, -0.25) is 0 Å². The number of rotatable bonds is 0. The molecule has 4 heterocycles. The van der Waals surface area contributed by atoms with Crippen LogP contribution in [-0.2, 0) is 14.1 Å². The Bertz CT molecular complexity index is 706. The molecule has 0 aliphatic heterocycles. The summed E-state index contributed by atoms with van der Waals surface area (Å²) in [5, 5.41) is 0. The maximum atomic E-state index is 3.98. The van der Waals surface area contributed by atoms with Crippen molar-refractivity contribution in [2.75, 3.05) is 0 Å². The molecule has 0 saturated carbocycles. The smallest absolute Gasteiger partial charge is 0.105 e. The van der Waals surface area contributed by atoms with Crippen LogP contribution < -0.4 is 0 Å². The Morgan fingerprint density at radius 2 is 1.62 bits per heavy atom. The summed E-state index contributed by atoms with van der Waals surface area (Å²) < 4.78 is 3.94. The van der Waals surface area contributed by atoms with Crippen molar-refractivity contribution in [1.82, 2.24) is 39.0 Å². The van der Waals surface area contributed by atoms with Crippen molar-refractivity contribution >= 4 is 0 Å². The molecule has 0 spiro atoms. The molecule has 4 rings (SSSR count). The minimum atomic E-state index is 0.968. The molecule has 0 bridgehead atoms. The van der Waals surface area contributed by atoms with Crippen molar-refractivity contribution < 1.29 is 0 Å². The third-order valence-electron chi connectivity index (χ3n) is 3.39. The number of imidazole rings is 4. The van der Waals surface area contributed by atoms with Crippen LogP contribution >= 0.6 is 0 Å². The maximum absolute atomic E-state index is 3.98. The van der Waals surface area contributed by atoms with E-state index in [0.29, 0.717) is 0 Å². The molecule has 26 heavy (non-hydrogen) atoms. The zero-order valence-electron chi connectivity index (χ0n) is 16.3. The third kappa shape index (κ3) is 8.62. The molecule has 0 aliphatic carbocycles. The maximum Gasteiger partial charge on any atom is 0.105 e. The van der Waals surface area contributed by atoms with Gasteiger partial charge < -0.3 is 19.1 Å². The molecule has 0 aliphatic rings. The lowest BCUT2D eigenvalue weighted by Crippen LogP contribution is -1.86. The second-order valence-corrected chi connectivity index (χ2v) is 5.64. The number of nitrogens with zero attached hydrogens (tertiary/aromatic N) is 6. The number of aryl methyl sites for hydroxylation is 6. The Morgan fingerprint density at radius 1 is 0.846 bits per heavy atom. The van der Waals surface area contributed by atoms with Crippen LogP contribution in [0.25, 0.3) is 0 Å². The number of aromatic amines is 2. The summed E-state index contributed by atoms with van der Waals surface area (Å²) >= 11 is 0. The van der Waals surface area contributed by atoms with Crippen molar-refractivity contribution in [2.24, 2.45) is 14.1 Å². The average molecular weight is 356 g/mol. The van der Waals surface area contributed by atoms with Gasteiger partial charge >= 0.3 is 0 Å². The summed E-state index contributed by atoms with van der Waals surface area (Å²) in [6, 6.07) is 0. The van der Waals surface area contributed by atoms with E-state index in [2.05, 4.69) is 29.9 Å². The molecular formula is C18H28N8. The Hall–Kier alpha value is -3.16. The van der Waals surface area contributed by atoms with Crippen LogP contribution in [0.2, 0.25) is 0 Å². The van der Waals surface area contributed by atoms with Gasteiger partial charge in [0.25, 0.3) is 0 Å². The van der Waals surface area contributed by atoms with Crippen molar-refractivity contribution in [3.63, 3.8) is 0 Å². The van der Waals surface area contributed by atoms with Gasteiger partial charge in [-0.15, -0.1) is 0 Å². The highest BCUT2D eigenvalue weighted by molar-refractivity contribution is 4.92. The summed E-state index contributed by atoms with van der Waals surface area (Å²) in [6.45, 7) is 7.88. The predicted octanol–water partition coefficient (Wildman–Crippen LogP) is 2.89. The molecule has 8 heteroatoms. The van der Waals surface area contributed by atoms with Crippen LogP contribution in [0.4, 0.5) is 0 Å². The number of H-pyrrole nitrogens is 2. The van der Waals surface area contributed by atoms with E-state index in [-0.39, 0.29) is 0 Å². The molecule has 0 saturated heterocycles. The summed E-state index contributed by atoms with van der Waals surface area (Å²) in [5.41, 5.74) is 2.30. The second-order valence-electron chi connectivity index (χ2n) is 5.64. The van der Waals surface area contributed by atoms with E-state index in [1.165, 1.54) is 5.69 Å². The predicted molar refractivity (Wildman–Crippen MR) is 103 cm³/mol. The molecule has 4 aromatic heterocycles. The van der Waals surface area contributed by atoms with E-state index < -0.39 is 0 Å². The van der Waals surface area contributed by atoms with Gasteiger partial charge in [0.05, 0.1) is 12.7 Å². The lowest BCUT2D eigenvalue weighted by molar-refractivity contribution is 0.858. The van der Waals surface area contributed by atoms with Gasteiger partial charge in [0.15, 0.2) is 0 Å². The number of aromatic nitrogens is 8. The Kier molecular flexibility index (Phi) is 9.16. The first-order valence-corrected chi connectivity index (χ1v) is 8.18. The highest BCUT2D eigenvalue weighted by atomic mass is 15.0. The fraction of sp³-hybridized carbons (Fsp3) is 0.333. The molecular weight excluding hydrogens is 328 g/mol. The van der Waals surface area contributed by atoms with E-state index in [1.807, 2.05) is 63.3 Å². The molecule has 4 aromatic rings. The quantitative estimate of drug-likeness (QED) is 0.507. The van der Waals surface area contributed by atoms with Crippen LogP contribution in [0.1, 0.15) is 23.0 Å². The molecule has 0 atom stereocenters. The highest BCUT2D eigenvalue weighted by Gasteiger charge is 1.84. The van der Waals surface area contributed by atoms with E-state index in [9.17, 15) is 0 Å². The topological polar surface area (TPSA) is 93.0 Å². The second kappa shape index (κ2) is 11.4. The lowest BCUT2D eigenvalue weighted by Gasteiger charge is -1.87. The first-order chi connectivity index (χ1) is 12.4. The number of hydrogen-bond donors (Lipinski definition) is 2. The van der Waals surface area contributed by atoms with Crippen LogP contribution in [0.5, 0.6) is 0 Å². The molecule has 0 fully saturated rings. The SMILES string of the molecule is Cc1cnc[nH]1.Cc1cncn1C.Cc1ncc[nH]1.Cc1nccn1C. The van der Waals surface area contributed by atoms with Crippen molar-refractivity contribution in [1.29, 1.82) is 0 Å². The lowest BCUT2D eigenvalue weighted by atomic mass is 10.5. The van der Waals surface area contributed by atoms with Gasteiger partial charge in [0.2, 0.25) is 0 Å². The van der Waals surface area contributed by atoms with E-state index in [1.54, 1.807) is 37.4 Å². The average Bonchev–Trinajstić information content (AvgIpc) is 3.39. The van der Waals surface area contributed by atoms with Crippen LogP contribution in [0, 0.1) is 27.7 Å². The Labute approximate surface area is 154 Å². The molecule has 2 N–H and O–H groups in total. The van der Waals surface area contributed by atoms with Crippen LogP contribution in [-0.4, -0.2) is 39.0 Å².